The van der Waals surface area contributed by atoms with Crippen molar-refractivity contribution in [3.63, 3.8) is 0 Å². The van der Waals surface area contributed by atoms with Crippen molar-refractivity contribution in [3.8, 4) is 0 Å². The van der Waals surface area contributed by atoms with Crippen LogP contribution >= 0.6 is 11.3 Å². The average molecular weight is 441 g/mol. The highest BCUT2D eigenvalue weighted by molar-refractivity contribution is 7.18. The second kappa shape index (κ2) is 8.67. The molecule has 4 heterocycles. The molecule has 8 heteroatoms. The van der Waals surface area contributed by atoms with Crippen molar-refractivity contribution in [2.24, 2.45) is 5.92 Å². The van der Waals surface area contributed by atoms with Crippen LogP contribution in [0, 0.1) is 12.8 Å². The first kappa shape index (κ1) is 20.6. The fraction of sp³-hybridized carbons (Fsp3) is 0.565. The molecule has 1 spiro atoms. The van der Waals surface area contributed by atoms with Gasteiger partial charge < -0.3 is 14.2 Å². The number of rotatable bonds is 5. The maximum atomic E-state index is 12.8. The first-order chi connectivity index (χ1) is 15.1. The minimum Gasteiger partial charge on any atom is -0.375 e. The van der Waals surface area contributed by atoms with Crippen LogP contribution in [0.25, 0.3) is 10.2 Å². The molecule has 2 fully saturated rings. The number of benzene rings is 1. The summed E-state index contributed by atoms with van der Waals surface area (Å²) in [6.07, 6.45) is 5.92. The Morgan fingerprint density at radius 3 is 2.87 bits per heavy atom. The van der Waals surface area contributed by atoms with E-state index in [0.717, 1.165) is 68.1 Å². The molecule has 2 saturated heterocycles. The van der Waals surface area contributed by atoms with E-state index in [1.54, 1.807) is 11.3 Å². The monoisotopic (exact) mass is 440 g/mol. The van der Waals surface area contributed by atoms with E-state index >= 15 is 0 Å². The van der Waals surface area contributed by atoms with E-state index in [1.165, 1.54) is 4.70 Å². The van der Waals surface area contributed by atoms with Gasteiger partial charge in [0, 0.05) is 45.9 Å². The second-order valence-corrected chi connectivity index (χ2v) is 9.90. The summed E-state index contributed by atoms with van der Waals surface area (Å²) >= 11 is 1.69. The van der Waals surface area contributed by atoms with Gasteiger partial charge in [0.15, 0.2) is 5.82 Å². The summed E-state index contributed by atoms with van der Waals surface area (Å²) in [5.74, 6) is 2.15. The molecule has 2 aliphatic heterocycles. The van der Waals surface area contributed by atoms with Gasteiger partial charge in [-0.25, -0.2) is 4.98 Å². The van der Waals surface area contributed by atoms with E-state index in [1.807, 2.05) is 30.0 Å². The Morgan fingerprint density at radius 2 is 2.10 bits per heavy atom. The highest BCUT2D eigenvalue weighted by Gasteiger charge is 2.41. The topological polar surface area (TPSA) is 81.4 Å². The molecule has 7 nitrogen and oxygen atoms in total. The van der Waals surface area contributed by atoms with Crippen molar-refractivity contribution in [1.29, 1.82) is 0 Å². The second-order valence-electron chi connectivity index (χ2n) is 8.78. The number of carbonyl (C=O) groups is 1. The predicted molar refractivity (Wildman–Crippen MR) is 118 cm³/mol. The van der Waals surface area contributed by atoms with Crippen LogP contribution in [0.3, 0.4) is 0 Å². The summed E-state index contributed by atoms with van der Waals surface area (Å²) in [6, 6.07) is 8.14. The number of hydrogen-bond donors (Lipinski definition) is 0. The molecule has 5 rings (SSSR count). The van der Waals surface area contributed by atoms with Gasteiger partial charge in [0.1, 0.15) is 0 Å². The molecule has 0 saturated carbocycles. The Labute approximate surface area is 185 Å². The van der Waals surface area contributed by atoms with Crippen LogP contribution in [0.5, 0.6) is 0 Å². The van der Waals surface area contributed by atoms with Crippen molar-refractivity contribution in [2.75, 3.05) is 19.7 Å². The lowest BCUT2D eigenvalue weighted by molar-refractivity contribution is -0.147. The summed E-state index contributed by atoms with van der Waals surface area (Å²) in [6.45, 7) is 4.14. The largest absolute Gasteiger partial charge is 0.375 e. The van der Waals surface area contributed by atoms with Crippen LogP contribution in [0.2, 0.25) is 0 Å². The highest BCUT2D eigenvalue weighted by Crippen LogP contribution is 2.38. The van der Waals surface area contributed by atoms with E-state index in [2.05, 4.69) is 21.2 Å². The molecule has 164 valence electrons. The first-order valence-electron chi connectivity index (χ1n) is 11.1. The molecule has 0 bridgehead atoms. The smallest absolute Gasteiger partial charge is 0.223 e. The van der Waals surface area contributed by atoms with Crippen LogP contribution in [-0.2, 0) is 22.4 Å². The third-order valence-corrected chi connectivity index (χ3v) is 7.65. The zero-order valence-electron chi connectivity index (χ0n) is 17.9. The number of carbonyl (C=O) groups excluding carboxylic acids is 1. The van der Waals surface area contributed by atoms with Crippen LogP contribution in [0.1, 0.15) is 48.8 Å². The van der Waals surface area contributed by atoms with Gasteiger partial charge in [-0.1, -0.05) is 17.3 Å². The zero-order chi connectivity index (χ0) is 21.3. The summed E-state index contributed by atoms with van der Waals surface area (Å²) < 4.78 is 12.6. The van der Waals surface area contributed by atoms with Gasteiger partial charge in [-0.05, 0) is 43.7 Å². The summed E-state index contributed by atoms with van der Waals surface area (Å²) in [4.78, 5) is 23.8. The van der Waals surface area contributed by atoms with Crippen LogP contribution in [0.4, 0.5) is 0 Å². The quantitative estimate of drug-likeness (QED) is 0.598. The number of para-hydroxylation sites is 1. The third-order valence-electron chi connectivity index (χ3n) is 6.55. The SMILES string of the molecule is Cc1nc(CC2CCOC3(CCN(C(=O)CCc4nc5ccccc5s4)CC3)C2)no1. The molecule has 3 aromatic rings. The van der Waals surface area contributed by atoms with Crippen molar-refractivity contribution in [3.05, 3.63) is 41.0 Å². The Balaban J connectivity index is 1.12. The van der Waals surface area contributed by atoms with E-state index in [0.29, 0.717) is 24.7 Å². The minimum atomic E-state index is -0.106. The van der Waals surface area contributed by atoms with Gasteiger partial charge in [0.25, 0.3) is 0 Å². The van der Waals surface area contributed by atoms with E-state index in [9.17, 15) is 4.79 Å². The van der Waals surface area contributed by atoms with E-state index in [-0.39, 0.29) is 11.5 Å². The lowest BCUT2D eigenvalue weighted by atomic mass is 9.78. The number of fused-ring (bicyclic) bond motifs is 1. The van der Waals surface area contributed by atoms with Crippen LogP contribution < -0.4 is 0 Å². The van der Waals surface area contributed by atoms with Gasteiger partial charge in [0.05, 0.1) is 20.8 Å². The van der Waals surface area contributed by atoms with E-state index in [4.69, 9.17) is 9.26 Å². The predicted octanol–water partition coefficient (Wildman–Crippen LogP) is 3.95. The van der Waals surface area contributed by atoms with Gasteiger partial charge in [-0.3, -0.25) is 4.79 Å². The standard InChI is InChI=1S/C23H28N4O3S/c1-16-24-20(26-30-16)14-17-8-13-29-23(15-17)9-11-27(12-10-23)22(28)7-6-21-25-18-4-2-3-5-19(18)31-21/h2-5,17H,6-15H2,1H3. The fourth-order valence-corrected chi connectivity index (χ4v) is 5.86. The Hall–Kier alpha value is -2.32. The maximum absolute atomic E-state index is 12.8. The Morgan fingerprint density at radius 1 is 1.26 bits per heavy atom. The number of thiazole rings is 1. The number of piperidine rings is 1. The number of nitrogens with zero attached hydrogens (tertiary/aromatic N) is 4. The molecule has 0 aliphatic carbocycles. The number of aromatic nitrogens is 3. The molecule has 1 atom stereocenters. The zero-order valence-corrected chi connectivity index (χ0v) is 18.7. The molecule has 0 radical (unpaired) electrons. The molecule has 31 heavy (non-hydrogen) atoms. The number of amides is 1. The number of hydrogen-bond acceptors (Lipinski definition) is 7. The summed E-state index contributed by atoms with van der Waals surface area (Å²) in [5, 5.41) is 5.09. The number of ether oxygens (including phenoxy) is 1. The first-order valence-corrected chi connectivity index (χ1v) is 12.0. The molecular weight excluding hydrogens is 412 g/mol. The molecule has 2 aromatic heterocycles. The summed E-state index contributed by atoms with van der Waals surface area (Å²) in [7, 11) is 0. The number of likely N-dealkylation sites (tertiary alicyclic amines) is 1. The molecule has 1 amide bonds. The number of aryl methyl sites for hydroxylation is 2. The molecule has 1 unspecified atom stereocenters. The van der Waals surface area contributed by atoms with E-state index < -0.39 is 0 Å². The third kappa shape index (κ3) is 4.65. The van der Waals surface area contributed by atoms with Crippen molar-refractivity contribution < 1.29 is 14.1 Å². The highest BCUT2D eigenvalue weighted by atomic mass is 32.1. The molecule has 1 aromatic carbocycles. The van der Waals surface area contributed by atoms with Gasteiger partial charge in [0.2, 0.25) is 11.8 Å². The van der Waals surface area contributed by atoms with Gasteiger partial charge >= 0.3 is 0 Å². The van der Waals surface area contributed by atoms with Crippen molar-refractivity contribution >= 4 is 27.5 Å². The lowest BCUT2D eigenvalue weighted by Crippen LogP contribution is -2.51. The van der Waals surface area contributed by atoms with Gasteiger partial charge in [-0.15, -0.1) is 11.3 Å². The summed E-state index contributed by atoms with van der Waals surface area (Å²) in [5.41, 5.74) is 0.917. The lowest BCUT2D eigenvalue weighted by Gasteiger charge is -2.46. The van der Waals surface area contributed by atoms with Crippen molar-refractivity contribution in [2.45, 2.75) is 57.5 Å². The van der Waals surface area contributed by atoms with Crippen LogP contribution in [0.15, 0.2) is 28.8 Å². The van der Waals surface area contributed by atoms with Crippen molar-refractivity contribution in [1.82, 2.24) is 20.0 Å². The molecule has 0 N–H and O–H groups in total. The average Bonchev–Trinajstić information content (AvgIpc) is 3.38. The fourth-order valence-electron chi connectivity index (χ4n) is 4.90. The Kier molecular flexibility index (Phi) is 5.75. The normalized spacial score (nSPS) is 21.1. The Bertz CT molecular complexity index is 1020. The maximum Gasteiger partial charge on any atom is 0.223 e. The van der Waals surface area contributed by atoms with Crippen LogP contribution in [-0.4, -0.2) is 51.2 Å². The molecule has 2 aliphatic rings. The molecular formula is C23H28N4O3S. The van der Waals surface area contributed by atoms with Gasteiger partial charge in [-0.2, -0.15) is 4.98 Å². The minimum absolute atomic E-state index is 0.106.